The fraction of sp³-hybridized carbons (Fsp3) is 0.231. The second-order valence-electron chi connectivity index (χ2n) is 8.62. The third kappa shape index (κ3) is 4.01. The number of Topliss-reactive ketones (excluding diaryl/α,β-unsaturated/α-hetero) is 1. The molecule has 4 aromatic rings. The van der Waals surface area contributed by atoms with E-state index in [9.17, 15) is 14.4 Å². The molecule has 5 rings (SSSR count). The molecule has 1 amide bonds. The maximum atomic E-state index is 13.2. The second-order valence-corrected chi connectivity index (χ2v) is 8.62. The number of carbonyl (C=O) groups excluding carboxylic acids is 3. The molecule has 2 heterocycles. The minimum atomic E-state index is -1.05. The molecule has 2 aromatic carbocycles. The summed E-state index contributed by atoms with van der Waals surface area (Å²) in [5.74, 6) is -1.20. The van der Waals surface area contributed by atoms with E-state index in [1.165, 1.54) is 20.3 Å². The first-order valence-corrected chi connectivity index (χ1v) is 11.3. The van der Waals surface area contributed by atoms with Gasteiger partial charge in [-0.05, 0) is 47.8 Å². The first-order chi connectivity index (χ1) is 17.4. The summed E-state index contributed by atoms with van der Waals surface area (Å²) < 4.78 is 16.6. The van der Waals surface area contributed by atoms with Crippen LogP contribution in [-0.2, 0) is 9.53 Å². The highest BCUT2D eigenvalue weighted by Crippen LogP contribution is 2.40. The number of para-hydroxylation sites is 1. The predicted molar refractivity (Wildman–Crippen MR) is 129 cm³/mol. The van der Waals surface area contributed by atoms with Crippen molar-refractivity contribution in [3.63, 3.8) is 0 Å². The summed E-state index contributed by atoms with van der Waals surface area (Å²) in [4.78, 5) is 38.2. The smallest absolute Gasteiger partial charge is 0.355 e. The van der Waals surface area contributed by atoms with Gasteiger partial charge >= 0.3 is 5.97 Å². The maximum Gasteiger partial charge on any atom is 0.355 e. The van der Waals surface area contributed by atoms with Gasteiger partial charge < -0.3 is 29.6 Å². The highest BCUT2D eigenvalue weighted by molar-refractivity contribution is 6.02. The Hall–Kier alpha value is -4.44. The van der Waals surface area contributed by atoms with Gasteiger partial charge in [0.2, 0.25) is 5.76 Å². The number of hydrogen-bond acceptors (Lipinski definition) is 8. The van der Waals surface area contributed by atoms with E-state index in [-0.39, 0.29) is 17.4 Å². The SMILES string of the molecule is COC(=O)c1cc2ccccc2n1-c1ccc(C(N)C(=O)C2(NC(=O)c3cc(OC)no3)CC2)cc1. The molecule has 1 saturated carbocycles. The van der Waals surface area contributed by atoms with Crippen molar-refractivity contribution in [3.8, 4) is 11.6 Å². The topological polar surface area (TPSA) is 139 Å². The van der Waals surface area contributed by atoms with Gasteiger partial charge in [0, 0.05) is 11.1 Å². The molecule has 1 aliphatic carbocycles. The van der Waals surface area contributed by atoms with Crippen LogP contribution in [0.15, 0.2) is 65.2 Å². The Morgan fingerprint density at radius 2 is 1.81 bits per heavy atom. The lowest BCUT2D eigenvalue weighted by atomic mass is 9.96. The molecule has 36 heavy (non-hydrogen) atoms. The molecule has 3 N–H and O–H groups in total. The van der Waals surface area contributed by atoms with E-state index in [0.717, 1.165) is 10.9 Å². The van der Waals surface area contributed by atoms with Crippen molar-refractivity contribution < 1.29 is 28.4 Å². The molecular weight excluding hydrogens is 464 g/mol. The third-order valence-electron chi connectivity index (χ3n) is 6.39. The first kappa shape index (κ1) is 23.3. The highest BCUT2D eigenvalue weighted by atomic mass is 16.5. The average Bonchev–Trinajstić information content (AvgIpc) is 3.35. The van der Waals surface area contributed by atoms with Crippen LogP contribution >= 0.6 is 0 Å². The number of rotatable bonds is 8. The molecule has 0 bridgehead atoms. The Morgan fingerprint density at radius 1 is 1.08 bits per heavy atom. The lowest BCUT2D eigenvalue weighted by Crippen LogP contribution is -2.47. The molecule has 0 spiro atoms. The lowest BCUT2D eigenvalue weighted by molar-refractivity contribution is -0.123. The zero-order chi connectivity index (χ0) is 25.4. The van der Waals surface area contributed by atoms with E-state index in [4.69, 9.17) is 19.7 Å². The number of nitrogens with one attached hydrogen (secondary N) is 1. The summed E-state index contributed by atoms with van der Waals surface area (Å²) in [6, 6.07) is 16.9. The number of ether oxygens (including phenoxy) is 2. The molecule has 2 aromatic heterocycles. The molecular formula is C26H24N4O6. The predicted octanol–water partition coefficient (Wildman–Crippen LogP) is 2.95. The van der Waals surface area contributed by atoms with E-state index in [1.807, 2.05) is 24.3 Å². The fourth-order valence-corrected chi connectivity index (χ4v) is 4.27. The summed E-state index contributed by atoms with van der Waals surface area (Å²) in [5, 5.41) is 7.24. The highest BCUT2D eigenvalue weighted by Gasteiger charge is 2.53. The van der Waals surface area contributed by atoms with Crippen LogP contribution in [0.25, 0.3) is 16.6 Å². The van der Waals surface area contributed by atoms with E-state index in [0.29, 0.717) is 29.8 Å². The average molecular weight is 489 g/mol. The lowest BCUT2D eigenvalue weighted by Gasteiger charge is -2.20. The number of nitrogens with zero attached hydrogens (tertiary/aromatic N) is 2. The summed E-state index contributed by atoms with van der Waals surface area (Å²) in [6.45, 7) is 0. The molecule has 1 unspecified atom stereocenters. The van der Waals surface area contributed by atoms with E-state index < -0.39 is 23.5 Å². The quantitative estimate of drug-likeness (QED) is 0.361. The molecule has 10 heteroatoms. The van der Waals surface area contributed by atoms with Gasteiger partial charge in [0.15, 0.2) is 5.78 Å². The maximum absolute atomic E-state index is 13.2. The minimum Gasteiger partial charge on any atom is -0.479 e. The van der Waals surface area contributed by atoms with Gasteiger partial charge in [-0.15, -0.1) is 0 Å². The first-order valence-electron chi connectivity index (χ1n) is 11.3. The zero-order valence-electron chi connectivity index (χ0n) is 19.7. The molecule has 1 atom stereocenters. The fourth-order valence-electron chi connectivity index (χ4n) is 4.27. The van der Waals surface area contributed by atoms with Crippen molar-refractivity contribution in [1.29, 1.82) is 0 Å². The number of esters is 1. The summed E-state index contributed by atoms with van der Waals surface area (Å²) in [6.07, 6.45) is 0.957. The van der Waals surface area contributed by atoms with Crippen LogP contribution in [-0.4, -0.2) is 47.1 Å². The molecule has 0 saturated heterocycles. The minimum absolute atomic E-state index is 0.0517. The number of nitrogens with two attached hydrogens (primary N) is 1. The molecule has 1 fully saturated rings. The number of hydrogen-bond donors (Lipinski definition) is 2. The van der Waals surface area contributed by atoms with Crippen LogP contribution in [0.5, 0.6) is 5.88 Å². The van der Waals surface area contributed by atoms with Crippen LogP contribution < -0.4 is 15.8 Å². The molecule has 10 nitrogen and oxygen atoms in total. The van der Waals surface area contributed by atoms with Crippen molar-refractivity contribution in [2.45, 2.75) is 24.4 Å². The summed E-state index contributed by atoms with van der Waals surface area (Å²) in [5.41, 5.74) is 7.80. The second kappa shape index (κ2) is 8.97. The summed E-state index contributed by atoms with van der Waals surface area (Å²) >= 11 is 0. The van der Waals surface area contributed by atoms with Gasteiger partial charge in [-0.3, -0.25) is 9.59 Å². The van der Waals surface area contributed by atoms with Crippen molar-refractivity contribution in [2.24, 2.45) is 5.73 Å². The Kier molecular flexibility index (Phi) is 5.81. The molecule has 1 aliphatic rings. The van der Waals surface area contributed by atoms with E-state index >= 15 is 0 Å². The van der Waals surface area contributed by atoms with Gasteiger partial charge in [-0.2, -0.15) is 0 Å². The number of amides is 1. The largest absolute Gasteiger partial charge is 0.479 e. The molecule has 184 valence electrons. The summed E-state index contributed by atoms with van der Waals surface area (Å²) in [7, 11) is 2.74. The number of fused-ring (bicyclic) bond motifs is 1. The van der Waals surface area contributed by atoms with Crippen LogP contribution in [0, 0.1) is 0 Å². The Morgan fingerprint density at radius 3 is 2.44 bits per heavy atom. The Bertz CT molecular complexity index is 1470. The Balaban J connectivity index is 1.37. The third-order valence-corrected chi connectivity index (χ3v) is 6.39. The van der Waals surface area contributed by atoms with Crippen molar-refractivity contribution in [2.75, 3.05) is 14.2 Å². The van der Waals surface area contributed by atoms with Crippen LogP contribution in [0.3, 0.4) is 0 Å². The number of aromatic nitrogens is 2. The van der Waals surface area contributed by atoms with E-state index in [2.05, 4.69) is 10.5 Å². The van der Waals surface area contributed by atoms with Gasteiger partial charge in [-0.25, -0.2) is 4.79 Å². The van der Waals surface area contributed by atoms with Gasteiger partial charge in [0.05, 0.1) is 31.8 Å². The van der Waals surface area contributed by atoms with Crippen molar-refractivity contribution >= 4 is 28.6 Å². The number of ketones is 1. The van der Waals surface area contributed by atoms with Gasteiger partial charge in [0.1, 0.15) is 11.2 Å². The van der Waals surface area contributed by atoms with Gasteiger partial charge in [0.25, 0.3) is 11.8 Å². The van der Waals surface area contributed by atoms with Crippen LogP contribution in [0.2, 0.25) is 0 Å². The van der Waals surface area contributed by atoms with Crippen LogP contribution in [0.1, 0.15) is 45.5 Å². The molecule has 0 aliphatic heterocycles. The number of benzene rings is 2. The standard InChI is InChI=1S/C26H24N4O6/c1-34-21-14-20(36-29-21)24(32)28-26(11-12-26)23(31)22(27)15-7-9-17(10-8-15)30-18-6-4-3-5-16(18)13-19(30)25(33)35-2/h3-10,13-14,22H,11-12,27H2,1-2H3,(H,28,32). The van der Waals surface area contributed by atoms with Gasteiger partial charge in [-0.1, -0.05) is 30.3 Å². The van der Waals surface area contributed by atoms with Crippen molar-refractivity contribution in [1.82, 2.24) is 15.0 Å². The number of methoxy groups -OCH3 is 2. The number of carbonyl (C=O) groups is 3. The monoisotopic (exact) mass is 488 g/mol. The van der Waals surface area contributed by atoms with Crippen molar-refractivity contribution in [3.05, 3.63) is 77.7 Å². The zero-order valence-corrected chi connectivity index (χ0v) is 19.7. The normalized spacial score (nSPS) is 14.8. The van der Waals surface area contributed by atoms with Crippen LogP contribution in [0.4, 0.5) is 0 Å². The Labute approximate surface area is 205 Å². The molecule has 0 radical (unpaired) electrons. The van der Waals surface area contributed by atoms with E-state index in [1.54, 1.807) is 34.9 Å².